The Morgan fingerprint density at radius 2 is 1.95 bits per heavy atom. The van der Waals surface area contributed by atoms with Crippen LogP contribution in [0.4, 0.5) is 11.4 Å². The second-order valence-electron chi connectivity index (χ2n) is 4.94. The Bertz CT molecular complexity index is 411. The summed E-state index contributed by atoms with van der Waals surface area (Å²) in [5, 5.41) is 2.94. The molecule has 0 aliphatic carbocycles. The van der Waals surface area contributed by atoms with Crippen molar-refractivity contribution in [2.45, 2.75) is 20.3 Å². The van der Waals surface area contributed by atoms with Gasteiger partial charge in [-0.2, -0.15) is 0 Å². The Morgan fingerprint density at radius 3 is 2.53 bits per heavy atom. The summed E-state index contributed by atoms with van der Waals surface area (Å²) >= 11 is 0. The van der Waals surface area contributed by atoms with E-state index >= 15 is 0 Å². The van der Waals surface area contributed by atoms with Crippen molar-refractivity contribution >= 4 is 17.3 Å². The van der Waals surface area contributed by atoms with Crippen molar-refractivity contribution in [3.05, 3.63) is 24.3 Å². The summed E-state index contributed by atoms with van der Waals surface area (Å²) in [5.74, 6) is 0.139. The van der Waals surface area contributed by atoms with Crippen molar-refractivity contribution in [3.63, 3.8) is 0 Å². The highest BCUT2D eigenvalue weighted by molar-refractivity contribution is 5.92. The van der Waals surface area contributed by atoms with Gasteiger partial charge in [-0.25, -0.2) is 0 Å². The predicted octanol–water partition coefficient (Wildman–Crippen LogP) is 2.51. The molecule has 0 aromatic heterocycles. The van der Waals surface area contributed by atoms with Gasteiger partial charge in [-0.3, -0.25) is 4.79 Å². The van der Waals surface area contributed by atoms with Crippen LogP contribution >= 0.6 is 0 Å². The van der Waals surface area contributed by atoms with Crippen LogP contribution in [0.2, 0.25) is 0 Å². The summed E-state index contributed by atoms with van der Waals surface area (Å²) in [6.45, 7) is 7.39. The van der Waals surface area contributed by atoms with Crippen molar-refractivity contribution in [2.75, 3.05) is 36.5 Å². The fraction of sp³-hybridized carbons (Fsp3) is 0.533. The van der Waals surface area contributed by atoms with E-state index in [2.05, 4.69) is 22.3 Å². The lowest BCUT2D eigenvalue weighted by molar-refractivity contribution is -0.119. The van der Waals surface area contributed by atoms with Gasteiger partial charge in [0.1, 0.15) is 0 Å². The zero-order valence-electron chi connectivity index (χ0n) is 11.7. The molecule has 1 heterocycles. The number of rotatable bonds is 4. The Labute approximate surface area is 114 Å². The number of nitrogens with zero attached hydrogens (tertiary/aromatic N) is 1. The summed E-state index contributed by atoms with van der Waals surface area (Å²) in [4.78, 5) is 14.1. The molecule has 1 N–H and O–H groups in total. The van der Waals surface area contributed by atoms with E-state index in [1.807, 2.05) is 26.0 Å². The van der Waals surface area contributed by atoms with Gasteiger partial charge < -0.3 is 15.0 Å². The van der Waals surface area contributed by atoms with Gasteiger partial charge in [0.2, 0.25) is 5.91 Å². The first kappa shape index (κ1) is 13.9. The smallest absolute Gasteiger partial charge is 0.227 e. The molecule has 0 saturated carbocycles. The molecule has 1 amide bonds. The van der Waals surface area contributed by atoms with Crippen LogP contribution in [-0.4, -0.2) is 32.2 Å². The summed E-state index contributed by atoms with van der Waals surface area (Å²) < 4.78 is 5.34. The third-order valence-electron chi connectivity index (χ3n) is 3.57. The first-order valence-corrected chi connectivity index (χ1v) is 6.94. The molecule has 1 fully saturated rings. The van der Waals surface area contributed by atoms with Gasteiger partial charge in [-0.1, -0.05) is 13.8 Å². The number of anilines is 2. The van der Waals surface area contributed by atoms with Crippen LogP contribution in [0, 0.1) is 5.92 Å². The van der Waals surface area contributed by atoms with Crippen molar-refractivity contribution in [2.24, 2.45) is 5.92 Å². The van der Waals surface area contributed by atoms with E-state index in [1.165, 1.54) is 5.69 Å². The number of hydrogen-bond acceptors (Lipinski definition) is 3. The minimum absolute atomic E-state index is 0.0546. The molecule has 4 nitrogen and oxygen atoms in total. The molecule has 1 atom stereocenters. The number of carbonyl (C=O) groups is 1. The lowest BCUT2D eigenvalue weighted by Crippen LogP contribution is -2.36. The van der Waals surface area contributed by atoms with Gasteiger partial charge in [0.15, 0.2) is 0 Å². The van der Waals surface area contributed by atoms with E-state index in [-0.39, 0.29) is 11.8 Å². The van der Waals surface area contributed by atoms with Crippen LogP contribution < -0.4 is 10.2 Å². The highest BCUT2D eigenvalue weighted by Crippen LogP contribution is 2.19. The molecule has 0 spiro atoms. The van der Waals surface area contributed by atoms with Crippen molar-refractivity contribution in [1.29, 1.82) is 0 Å². The number of hydrogen-bond donors (Lipinski definition) is 1. The highest BCUT2D eigenvalue weighted by Gasteiger charge is 2.12. The monoisotopic (exact) mass is 262 g/mol. The molecule has 0 bridgehead atoms. The number of amides is 1. The van der Waals surface area contributed by atoms with E-state index in [0.29, 0.717) is 0 Å². The van der Waals surface area contributed by atoms with E-state index in [4.69, 9.17) is 4.74 Å². The highest BCUT2D eigenvalue weighted by atomic mass is 16.5. The van der Waals surface area contributed by atoms with Gasteiger partial charge in [0, 0.05) is 30.4 Å². The van der Waals surface area contributed by atoms with Crippen molar-refractivity contribution in [3.8, 4) is 0 Å². The molecule has 1 aromatic carbocycles. The quantitative estimate of drug-likeness (QED) is 0.906. The maximum Gasteiger partial charge on any atom is 0.227 e. The summed E-state index contributed by atoms with van der Waals surface area (Å²) in [5.41, 5.74) is 2.05. The van der Waals surface area contributed by atoms with Crippen LogP contribution in [0.1, 0.15) is 20.3 Å². The molecular formula is C15H22N2O2. The van der Waals surface area contributed by atoms with Gasteiger partial charge >= 0.3 is 0 Å². The topological polar surface area (TPSA) is 41.6 Å². The summed E-state index contributed by atoms with van der Waals surface area (Å²) in [6, 6.07) is 8.03. The van der Waals surface area contributed by atoms with E-state index in [0.717, 1.165) is 38.4 Å². The molecule has 2 rings (SSSR count). The third kappa shape index (κ3) is 3.70. The Hall–Kier alpha value is -1.55. The number of ether oxygens (including phenoxy) is 1. The summed E-state index contributed by atoms with van der Waals surface area (Å²) in [6.07, 6.45) is 0.859. The second-order valence-corrected chi connectivity index (χ2v) is 4.94. The predicted molar refractivity (Wildman–Crippen MR) is 77.6 cm³/mol. The van der Waals surface area contributed by atoms with Crippen LogP contribution in [0.5, 0.6) is 0 Å². The molecule has 1 aliphatic rings. The van der Waals surface area contributed by atoms with Crippen LogP contribution in [-0.2, 0) is 9.53 Å². The second kappa shape index (κ2) is 6.57. The Balaban J connectivity index is 1.96. The lowest BCUT2D eigenvalue weighted by Gasteiger charge is -2.28. The average molecular weight is 262 g/mol. The molecule has 1 saturated heterocycles. The molecule has 0 unspecified atom stereocenters. The number of carbonyl (C=O) groups excluding carboxylic acids is 1. The Kier molecular flexibility index (Phi) is 4.80. The minimum Gasteiger partial charge on any atom is -0.378 e. The van der Waals surface area contributed by atoms with Crippen LogP contribution in [0.15, 0.2) is 24.3 Å². The van der Waals surface area contributed by atoms with Crippen molar-refractivity contribution in [1.82, 2.24) is 0 Å². The number of nitrogens with one attached hydrogen (secondary N) is 1. The average Bonchev–Trinajstić information content (AvgIpc) is 2.48. The molecule has 19 heavy (non-hydrogen) atoms. The first-order valence-electron chi connectivity index (χ1n) is 6.94. The number of morpholine rings is 1. The molecule has 1 aromatic rings. The van der Waals surface area contributed by atoms with Crippen molar-refractivity contribution < 1.29 is 9.53 Å². The SMILES string of the molecule is CC[C@@H](C)C(=O)Nc1ccc(N2CCOCC2)cc1. The van der Waals surface area contributed by atoms with Gasteiger partial charge in [0.25, 0.3) is 0 Å². The lowest BCUT2D eigenvalue weighted by atomic mass is 10.1. The van der Waals surface area contributed by atoms with Gasteiger partial charge in [0.05, 0.1) is 13.2 Å². The fourth-order valence-corrected chi connectivity index (χ4v) is 2.03. The van der Waals surface area contributed by atoms with Crippen LogP contribution in [0.25, 0.3) is 0 Å². The molecular weight excluding hydrogens is 240 g/mol. The zero-order chi connectivity index (χ0) is 13.7. The first-order chi connectivity index (χ1) is 9.20. The largest absolute Gasteiger partial charge is 0.378 e. The fourth-order valence-electron chi connectivity index (χ4n) is 2.03. The number of benzene rings is 1. The Morgan fingerprint density at radius 1 is 1.32 bits per heavy atom. The maximum absolute atomic E-state index is 11.8. The molecule has 4 heteroatoms. The van der Waals surface area contributed by atoms with E-state index < -0.39 is 0 Å². The zero-order valence-corrected chi connectivity index (χ0v) is 11.7. The van der Waals surface area contributed by atoms with Gasteiger partial charge in [-0.15, -0.1) is 0 Å². The normalized spacial score (nSPS) is 17.1. The van der Waals surface area contributed by atoms with E-state index in [1.54, 1.807) is 0 Å². The van der Waals surface area contributed by atoms with Crippen LogP contribution in [0.3, 0.4) is 0 Å². The van der Waals surface area contributed by atoms with E-state index in [9.17, 15) is 4.79 Å². The maximum atomic E-state index is 11.8. The molecule has 1 aliphatic heterocycles. The standard InChI is InChI=1S/C15H22N2O2/c1-3-12(2)15(18)16-13-4-6-14(7-5-13)17-8-10-19-11-9-17/h4-7,12H,3,8-11H2,1-2H3,(H,16,18)/t12-/m1/s1. The molecule has 0 radical (unpaired) electrons. The summed E-state index contributed by atoms with van der Waals surface area (Å²) in [7, 11) is 0. The third-order valence-corrected chi connectivity index (χ3v) is 3.57. The molecule has 104 valence electrons. The van der Waals surface area contributed by atoms with Gasteiger partial charge in [-0.05, 0) is 30.7 Å². The minimum atomic E-state index is 0.0546.